The van der Waals surface area contributed by atoms with Crippen LogP contribution in [0.1, 0.15) is 19.8 Å². The van der Waals surface area contributed by atoms with Gasteiger partial charge in [0.15, 0.2) is 0 Å². The number of allylic oxidation sites excluding steroid dienone is 1. The second-order valence-electron chi connectivity index (χ2n) is 4.49. The van der Waals surface area contributed by atoms with Gasteiger partial charge in [-0.15, -0.1) is 0 Å². The number of fused-ring (bicyclic) bond motifs is 1. The second kappa shape index (κ2) is 3.80. The van der Waals surface area contributed by atoms with Gasteiger partial charge in [-0.25, -0.2) is 0 Å². The van der Waals surface area contributed by atoms with Crippen LogP contribution in [0.25, 0.3) is 0 Å². The zero-order valence-corrected chi connectivity index (χ0v) is 9.10. The van der Waals surface area contributed by atoms with Gasteiger partial charge in [-0.05, 0) is 18.3 Å². The number of ketones is 1. The van der Waals surface area contributed by atoms with Crippen molar-refractivity contribution in [3.63, 3.8) is 0 Å². The lowest BCUT2D eigenvalue weighted by Crippen LogP contribution is -2.34. The predicted molar refractivity (Wildman–Crippen MR) is 55.0 cm³/mol. The first-order chi connectivity index (χ1) is 7.15. The number of carbonyl (C=O) groups excluding carboxylic acids is 2. The summed E-state index contributed by atoms with van der Waals surface area (Å²) in [4.78, 5) is 23.2. The Bertz CT molecular complexity index is 319. The molecule has 0 N–H and O–H groups in total. The largest absolute Gasteiger partial charge is 0.469 e. The molecule has 3 nitrogen and oxygen atoms in total. The molecule has 0 aromatic rings. The van der Waals surface area contributed by atoms with Crippen LogP contribution in [-0.4, -0.2) is 18.9 Å². The van der Waals surface area contributed by atoms with E-state index >= 15 is 0 Å². The first-order valence-corrected chi connectivity index (χ1v) is 5.44. The van der Waals surface area contributed by atoms with Crippen LogP contribution < -0.4 is 0 Å². The average Bonchev–Trinajstić information content (AvgIpc) is 2.61. The Hall–Kier alpha value is -1.12. The van der Waals surface area contributed by atoms with Crippen molar-refractivity contribution in [1.82, 2.24) is 0 Å². The first kappa shape index (κ1) is 10.4. The van der Waals surface area contributed by atoms with Crippen molar-refractivity contribution in [2.75, 3.05) is 7.11 Å². The topological polar surface area (TPSA) is 43.4 Å². The summed E-state index contributed by atoms with van der Waals surface area (Å²) in [5.74, 6) is 0.381. The summed E-state index contributed by atoms with van der Waals surface area (Å²) in [6, 6.07) is 0. The summed E-state index contributed by atoms with van der Waals surface area (Å²) >= 11 is 0. The number of esters is 1. The predicted octanol–water partition coefficient (Wildman–Crippen LogP) is 1.58. The molecule has 0 aromatic heterocycles. The lowest BCUT2D eigenvalue weighted by atomic mass is 9.73. The molecule has 0 spiro atoms. The molecule has 0 heterocycles. The van der Waals surface area contributed by atoms with Crippen LogP contribution in [0.2, 0.25) is 0 Å². The number of rotatable bonds is 1. The van der Waals surface area contributed by atoms with Crippen molar-refractivity contribution in [2.45, 2.75) is 19.8 Å². The monoisotopic (exact) mass is 208 g/mol. The van der Waals surface area contributed by atoms with E-state index < -0.39 is 0 Å². The van der Waals surface area contributed by atoms with Crippen molar-refractivity contribution in [1.29, 1.82) is 0 Å². The van der Waals surface area contributed by atoms with E-state index in [0.29, 0.717) is 12.2 Å². The van der Waals surface area contributed by atoms with Gasteiger partial charge in [0.25, 0.3) is 0 Å². The molecule has 0 saturated heterocycles. The van der Waals surface area contributed by atoms with Crippen molar-refractivity contribution >= 4 is 11.8 Å². The van der Waals surface area contributed by atoms with Crippen molar-refractivity contribution in [3.8, 4) is 0 Å². The van der Waals surface area contributed by atoms with Crippen LogP contribution in [0.4, 0.5) is 0 Å². The van der Waals surface area contributed by atoms with Crippen molar-refractivity contribution in [2.24, 2.45) is 23.7 Å². The highest BCUT2D eigenvalue weighted by atomic mass is 16.5. The van der Waals surface area contributed by atoms with E-state index in [9.17, 15) is 9.59 Å². The Kier molecular flexibility index (Phi) is 2.63. The molecule has 0 amide bonds. The second-order valence-corrected chi connectivity index (χ2v) is 4.49. The lowest BCUT2D eigenvalue weighted by Gasteiger charge is -2.30. The molecule has 2 aliphatic rings. The zero-order chi connectivity index (χ0) is 11.0. The van der Waals surface area contributed by atoms with Gasteiger partial charge in [0, 0.05) is 12.3 Å². The maximum atomic E-state index is 11.7. The van der Waals surface area contributed by atoms with Crippen LogP contribution in [0, 0.1) is 23.7 Å². The van der Waals surface area contributed by atoms with Crippen molar-refractivity contribution < 1.29 is 14.3 Å². The third-order valence-electron chi connectivity index (χ3n) is 3.68. The van der Waals surface area contributed by atoms with Crippen LogP contribution in [0.3, 0.4) is 0 Å². The van der Waals surface area contributed by atoms with Gasteiger partial charge in [-0.3, -0.25) is 9.59 Å². The molecular weight excluding hydrogens is 192 g/mol. The van der Waals surface area contributed by atoms with Crippen LogP contribution >= 0.6 is 0 Å². The fourth-order valence-electron chi connectivity index (χ4n) is 2.93. The minimum absolute atomic E-state index is 0.0408. The van der Waals surface area contributed by atoms with Gasteiger partial charge in [0.05, 0.1) is 13.0 Å². The maximum Gasteiger partial charge on any atom is 0.312 e. The van der Waals surface area contributed by atoms with Gasteiger partial charge < -0.3 is 4.74 Å². The first-order valence-electron chi connectivity index (χ1n) is 5.44. The summed E-state index contributed by atoms with van der Waals surface area (Å²) in [5.41, 5.74) is 0. The highest BCUT2D eigenvalue weighted by Gasteiger charge is 2.45. The van der Waals surface area contributed by atoms with Crippen LogP contribution in [0.15, 0.2) is 12.2 Å². The van der Waals surface area contributed by atoms with E-state index in [1.807, 2.05) is 19.1 Å². The molecule has 0 aliphatic heterocycles. The zero-order valence-electron chi connectivity index (χ0n) is 9.10. The minimum atomic E-state index is -0.206. The highest BCUT2D eigenvalue weighted by Crippen LogP contribution is 2.43. The SMILES string of the molecule is COC(=O)[C@H]1C=C[C@@H](C)[C@H]2C(=O)CC[C@H]21. The van der Waals surface area contributed by atoms with Gasteiger partial charge in [-0.2, -0.15) is 0 Å². The van der Waals surface area contributed by atoms with E-state index in [0.717, 1.165) is 6.42 Å². The number of hydrogen-bond acceptors (Lipinski definition) is 3. The normalized spacial score (nSPS) is 38.9. The van der Waals surface area contributed by atoms with Crippen molar-refractivity contribution in [3.05, 3.63) is 12.2 Å². The van der Waals surface area contributed by atoms with Gasteiger partial charge in [-0.1, -0.05) is 19.1 Å². The minimum Gasteiger partial charge on any atom is -0.469 e. The molecule has 0 unspecified atom stereocenters. The fraction of sp³-hybridized carbons (Fsp3) is 0.667. The van der Waals surface area contributed by atoms with Gasteiger partial charge in [0.1, 0.15) is 5.78 Å². The molecule has 2 aliphatic carbocycles. The highest BCUT2D eigenvalue weighted by molar-refractivity contribution is 5.86. The number of methoxy groups -OCH3 is 1. The van der Waals surface area contributed by atoms with E-state index in [4.69, 9.17) is 4.74 Å². The molecule has 0 bridgehead atoms. The van der Waals surface area contributed by atoms with Crippen LogP contribution in [-0.2, 0) is 14.3 Å². The standard InChI is InChI=1S/C12H16O3/c1-7-3-4-9(12(14)15-2)8-5-6-10(13)11(7)8/h3-4,7-9,11H,5-6H2,1-2H3/t7-,8+,9+,11-/m1/s1. The molecular formula is C12H16O3. The van der Waals surface area contributed by atoms with Crippen LogP contribution in [0.5, 0.6) is 0 Å². The third kappa shape index (κ3) is 1.60. The van der Waals surface area contributed by atoms with E-state index in [1.165, 1.54) is 7.11 Å². The molecule has 4 atom stereocenters. The number of carbonyl (C=O) groups is 2. The summed E-state index contributed by atoms with van der Waals surface area (Å²) < 4.78 is 4.77. The molecule has 2 rings (SSSR count). The van der Waals surface area contributed by atoms with E-state index in [1.54, 1.807) is 0 Å². The van der Waals surface area contributed by atoms with E-state index in [-0.39, 0.29) is 29.6 Å². The Labute approximate surface area is 89.5 Å². The van der Waals surface area contributed by atoms with E-state index in [2.05, 4.69) is 0 Å². The summed E-state index contributed by atoms with van der Waals surface area (Å²) in [6.07, 6.45) is 5.34. The Morgan fingerprint density at radius 2 is 2.20 bits per heavy atom. The third-order valence-corrected chi connectivity index (χ3v) is 3.68. The molecule has 3 heteroatoms. The molecule has 15 heavy (non-hydrogen) atoms. The van der Waals surface area contributed by atoms with Gasteiger partial charge in [0.2, 0.25) is 0 Å². The Morgan fingerprint density at radius 3 is 2.87 bits per heavy atom. The summed E-state index contributed by atoms with van der Waals surface area (Å²) in [6.45, 7) is 2.05. The smallest absolute Gasteiger partial charge is 0.312 e. The lowest BCUT2D eigenvalue weighted by molar-refractivity contribution is -0.146. The number of hydrogen-bond donors (Lipinski definition) is 0. The maximum absolute atomic E-state index is 11.7. The quantitative estimate of drug-likeness (QED) is 0.485. The Morgan fingerprint density at radius 1 is 1.47 bits per heavy atom. The molecule has 1 fully saturated rings. The molecule has 0 radical (unpaired) electrons. The average molecular weight is 208 g/mol. The number of Topliss-reactive ketones (excluding diaryl/α,β-unsaturated/α-hetero) is 1. The summed E-state index contributed by atoms with van der Waals surface area (Å²) in [5, 5.41) is 0. The molecule has 1 saturated carbocycles. The summed E-state index contributed by atoms with van der Waals surface area (Å²) in [7, 11) is 1.40. The van der Waals surface area contributed by atoms with Gasteiger partial charge >= 0.3 is 5.97 Å². The fourth-order valence-corrected chi connectivity index (χ4v) is 2.93. The molecule has 82 valence electrons. The molecule has 0 aromatic carbocycles. The Balaban J connectivity index is 2.26. The number of ether oxygens (including phenoxy) is 1.